The summed E-state index contributed by atoms with van der Waals surface area (Å²) in [6, 6.07) is 6.63. The molecule has 0 saturated heterocycles. The van der Waals surface area contributed by atoms with E-state index in [2.05, 4.69) is 6.92 Å². The van der Waals surface area contributed by atoms with Gasteiger partial charge >= 0.3 is 0 Å². The predicted octanol–water partition coefficient (Wildman–Crippen LogP) is 3.00. The Hall–Kier alpha value is -0.890. The van der Waals surface area contributed by atoms with Crippen molar-refractivity contribution in [2.75, 3.05) is 13.2 Å². The van der Waals surface area contributed by atoms with Crippen LogP contribution in [-0.2, 0) is 11.2 Å². The highest BCUT2D eigenvalue weighted by Crippen LogP contribution is 2.04. The molecule has 0 fully saturated rings. The van der Waals surface area contributed by atoms with Gasteiger partial charge in [-0.3, -0.25) is 0 Å². The summed E-state index contributed by atoms with van der Waals surface area (Å²) < 4.78 is 18.1. The molecule has 1 aromatic rings. The molecule has 0 aliphatic carbocycles. The minimum atomic E-state index is -0.180. The Balaban J connectivity index is 2.18. The van der Waals surface area contributed by atoms with Crippen molar-refractivity contribution in [3.8, 4) is 0 Å². The summed E-state index contributed by atoms with van der Waals surface area (Å²) in [4.78, 5) is 0. The van der Waals surface area contributed by atoms with Crippen LogP contribution in [0.25, 0.3) is 0 Å². The molecule has 2 heteroatoms. The van der Waals surface area contributed by atoms with Crippen LogP contribution in [0.2, 0.25) is 0 Å². The first-order chi connectivity index (χ1) is 6.83. The van der Waals surface area contributed by atoms with Crippen LogP contribution in [-0.4, -0.2) is 13.2 Å². The first kappa shape index (κ1) is 11.2. The number of ether oxygens (including phenoxy) is 1. The molecular formula is C12H16FO. The monoisotopic (exact) mass is 195 g/mol. The molecule has 0 saturated carbocycles. The normalized spacial score (nSPS) is 10.4. The van der Waals surface area contributed by atoms with E-state index in [1.807, 2.05) is 6.07 Å². The molecule has 0 aliphatic heterocycles. The van der Waals surface area contributed by atoms with E-state index in [0.29, 0.717) is 6.61 Å². The van der Waals surface area contributed by atoms with Crippen molar-refractivity contribution in [2.45, 2.75) is 19.3 Å². The van der Waals surface area contributed by atoms with Gasteiger partial charge in [-0.2, -0.15) is 0 Å². The molecule has 0 atom stereocenters. The summed E-state index contributed by atoms with van der Waals surface area (Å²) in [5, 5.41) is 0. The van der Waals surface area contributed by atoms with Gasteiger partial charge in [-0.25, -0.2) is 4.39 Å². The van der Waals surface area contributed by atoms with E-state index in [0.717, 1.165) is 31.4 Å². The Morgan fingerprint density at radius 1 is 1.29 bits per heavy atom. The maximum atomic E-state index is 12.7. The number of halogens is 1. The van der Waals surface area contributed by atoms with Gasteiger partial charge in [0.05, 0.1) is 6.61 Å². The molecule has 1 radical (unpaired) electrons. The minimum Gasteiger partial charge on any atom is -0.381 e. The molecule has 14 heavy (non-hydrogen) atoms. The van der Waals surface area contributed by atoms with Gasteiger partial charge in [0.15, 0.2) is 0 Å². The average molecular weight is 195 g/mol. The largest absolute Gasteiger partial charge is 0.381 e. The summed E-state index contributed by atoms with van der Waals surface area (Å²) in [6.45, 7) is 5.13. The summed E-state index contributed by atoms with van der Waals surface area (Å²) in [7, 11) is 0. The second kappa shape index (κ2) is 6.55. The van der Waals surface area contributed by atoms with Crippen LogP contribution in [0, 0.1) is 12.7 Å². The predicted molar refractivity (Wildman–Crippen MR) is 55.5 cm³/mol. The van der Waals surface area contributed by atoms with Crippen LogP contribution < -0.4 is 0 Å². The lowest BCUT2D eigenvalue weighted by Gasteiger charge is -2.03. The first-order valence-corrected chi connectivity index (χ1v) is 4.94. The molecule has 0 unspecified atom stereocenters. The van der Waals surface area contributed by atoms with Crippen molar-refractivity contribution < 1.29 is 9.13 Å². The highest BCUT2D eigenvalue weighted by Gasteiger charge is 1.95. The van der Waals surface area contributed by atoms with Crippen LogP contribution in [0.5, 0.6) is 0 Å². The zero-order valence-corrected chi connectivity index (χ0v) is 8.34. The zero-order valence-electron chi connectivity index (χ0n) is 8.34. The van der Waals surface area contributed by atoms with Crippen molar-refractivity contribution in [2.24, 2.45) is 0 Å². The fourth-order valence-electron chi connectivity index (χ4n) is 1.19. The zero-order chi connectivity index (χ0) is 10.2. The Morgan fingerprint density at radius 2 is 2.14 bits per heavy atom. The first-order valence-electron chi connectivity index (χ1n) is 4.94. The van der Waals surface area contributed by atoms with Gasteiger partial charge < -0.3 is 4.74 Å². The Kier molecular flexibility index (Phi) is 5.23. The smallest absolute Gasteiger partial charge is 0.123 e. The third-order valence-corrected chi connectivity index (χ3v) is 1.96. The SMILES string of the molecule is [CH2]CCCOCCc1cccc(F)c1. The van der Waals surface area contributed by atoms with E-state index in [1.165, 1.54) is 6.07 Å². The topological polar surface area (TPSA) is 9.23 Å². The van der Waals surface area contributed by atoms with Gasteiger partial charge in [0.1, 0.15) is 5.82 Å². The molecule has 0 heterocycles. The quantitative estimate of drug-likeness (QED) is 0.634. The molecular weight excluding hydrogens is 179 g/mol. The molecule has 1 nitrogen and oxygen atoms in total. The van der Waals surface area contributed by atoms with Crippen molar-refractivity contribution in [1.29, 1.82) is 0 Å². The third-order valence-electron chi connectivity index (χ3n) is 1.96. The Labute approximate surface area is 84.9 Å². The van der Waals surface area contributed by atoms with Crippen LogP contribution >= 0.6 is 0 Å². The number of hydrogen-bond acceptors (Lipinski definition) is 1. The van der Waals surface area contributed by atoms with E-state index in [1.54, 1.807) is 12.1 Å². The van der Waals surface area contributed by atoms with E-state index in [4.69, 9.17) is 4.74 Å². The lowest BCUT2D eigenvalue weighted by molar-refractivity contribution is 0.135. The second-order valence-corrected chi connectivity index (χ2v) is 3.20. The molecule has 1 rings (SSSR count). The molecule has 1 aromatic carbocycles. The number of hydrogen-bond donors (Lipinski definition) is 0. The van der Waals surface area contributed by atoms with Crippen LogP contribution in [0.1, 0.15) is 18.4 Å². The summed E-state index contributed by atoms with van der Waals surface area (Å²) in [5.74, 6) is -0.180. The maximum Gasteiger partial charge on any atom is 0.123 e. The summed E-state index contributed by atoms with van der Waals surface area (Å²) in [6.07, 6.45) is 2.66. The highest BCUT2D eigenvalue weighted by atomic mass is 19.1. The van der Waals surface area contributed by atoms with E-state index < -0.39 is 0 Å². The van der Waals surface area contributed by atoms with Crippen molar-refractivity contribution in [1.82, 2.24) is 0 Å². The van der Waals surface area contributed by atoms with Crippen molar-refractivity contribution in [3.63, 3.8) is 0 Å². The van der Waals surface area contributed by atoms with Gasteiger partial charge in [-0.05, 0) is 30.5 Å². The van der Waals surface area contributed by atoms with Gasteiger partial charge in [-0.15, -0.1) is 0 Å². The number of benzene rings is 1. The van der Waals surface area contributed by atoms with Crippen LogP contribution in [0.4, 0.5) is 4.39 Å². The van der Waals surface area contributed by atoms with Crippen molar-refractivity contribution >= 4 is 0 Å². The molecule has 0 bridgehead atoms. The standard InChI is InChI=1S/C12H16FO/c1-2-3-8-14-9-7-11-5-4-6-12(13)10-11/h4-6,10H,1-3,7-9H2. The Morgan fingerprint density at radius 3 is 2.86 bits per heavy atom. The number of unbranched alkanes of at least 4 members (excludes halogenated alkanes) is 1. The Bertz CT molecular complexity index is 260. The van der Waals surface area contributed by atoms with Crippen LogP contribution in [0.3, 0.4) is 0 Å². The fourth-order valence-corrected chi connectivity index (χ4v) is 1.19. The fraction of sp³-hybridized carbons (Fsp3) is 0.417. The van der Waals surface area contributed by atoms with Gasteiger partial charge in [-0.1, -0.05) is 25.5 Å². The van der Waals surface area contributed by atoms with Crippen LogP contribution in [0.15, 0.2) is 24.3 Å². The van der Waals surface area contributed by atoms with Crippen molar-refractivity contribution in [3.05, 3.63) is 42.6 Å². The van der Waals surface area contributed by atoms with Gasteiger partial charge in [0.2, 0.25) is 0 Å². The lowest BCUT2D eigenvalue weighted by Crippen LogP contribution is -2.00. The highest BCUT2D eigenvalue weighted by molar-refractivity contribution is 5.16. The van der Waals surface area contributed by atoms with E-state index >= 15 is 0 Å². The lowest BCUT2D eigenvalue weighted by atomic mass is 10.1. The van der Waals surface area contributed by atoms with E-state index in [9.17, 15) is 4.39 Å². The molecule has 0 amide bonds. The maximum absolute atomic E-state index is 12.7. The van der Waals surface area contributed by atoms with Gasteiger partial charge in [0.25, 0.3) is 0 Å². The third kappa shape index (κ3) is 4.38. The summed E-state index contributed by atoms with van der Waals surface area (Å²) >= 11 is 0. The second-order valence-electron chi connectivity index (χ2n) is 3.20. The summed E-state index contributed by atoms with van der Waals surface area (Å²) in [5.41, 5.74) is 0.986. The molecule has 0 aliphatic rings. The minimum absolute atomic E-state index is 0.180. The molecule has 0 aromatic heterocycles. The van der Waals surface area contributed by atoms with E-state index in [-0.39, 0.29) is 5.82 Å². The van der Waals surface area contributed by atoms with Gasteiger partial charge in [0, 0.05) is 6.61 Å². The molecule has 0 spiro atoms. The number of rotatable bonds is 6. The molecule has 0 N–H and O–H groups in total. The average Bonchev–Trinajstić information content (AvgIpc) is 2.18. The molecule has 77 valence electrons.